The van der Waals surface area contributed by atoms with Gasteiger partial charge in [-0.15, -0.1) is 0 Å². The van der Waals surface area contributed by atoms with Crippen molar-refractivity contribution in [2.24, 2.45) is 0 Å². The third-order valence-corrected chi connectivity index (χ3v) is 4.12. The van der Waals surface area contributed by atoms with Gasteiger partial charge in [0, 0.05) is 25.2 Å². The number of amides is 1. The first-order valence-electron chi connectivity index (χ1n) is 10.1. The van der Waals surface area contributed by atoms with Gasteiger partial charge in [0.25, 0.3) is 5.91 Å². The van der Waals surface area contributed by atoms with Gasteiger partial charge in [0.2, 0.25) is 5.75 Å². The number of carbonyl (C=O) groups excluding carboxylic acids is 1. The van der Waals surface area contributed by atoms with Crippen molar-refractivity contribution >= 4 is 11.6 Å². The number of benzene rings is 2. The van der Waals surface area contributed by atoms with Gasteiger partial charge >= 0.3 is 0 Å². The van der Waals surface area contributed by atoms with Crippen LogP contribution < -0.4 is 24.4 Å². The number of ether oxygens (including phenoxy) is 3. The molecule has 0 aromatic heterocycles. The van der Waals surface area contributed by atoms with Gasteiger partial charge in [-0.3, -0.25) is 4.79 Å². The fraction of sp³-hybridized carbons (Fsp3) is 0.375. The second-order valence-electron chi connectivity index (χ2n) is 6.50. The number of hydrogen-bond acceptors (Lipinski definition) is 5. The second kappa shape index (κ2) is 11.6. The topological polar surface area (TPSA) is 60.0 Å². The maximum atomic E-state index is 12.7. The van der Waals surface area contributed by atoms with Gasteiger partial charge in [-0.1, -0.05) is 24.0 Å². The minimum absolute atomic E-state index is 0.224. The van der Waals surface area contributed by atoms with Crippen LogP contribution in [-0.4, -0.2) is 46.4 Å². The van der Waals surface area contributed by atoms with Crippen LogP contribution in [0.5, 0.6) is 17.2 Å². The van der Waals surface area contributed by atoms with Crippen LogP contribution in [0.25, 0.3) is 0 Å². The Labute approximate surface area is 179 Å². The molecule has 0 aliphatic heterocycles. The first kappa shape index (κ1) is 23.0. The third-order valence-electron chi connectivity index (χ3n) is 4.12. The van der Waals surface area contributed by atoms with Gasteiger partial charge in [0.15, 0.2) is 11.5 Å². The Kier molecular flexibility index (Phi) is 8.89. The highest BCUT2D eigenvalue weighted by Crippen LogP contribution is 2.39. The molecule has 30 heavy (non-hydrogen) atoms. The Morgan fingerprint density at radius 3 is 2.13 bits per heavy atom. The standard InChI is InChI=1S/C24H30N2O4/c1-6-28-21-16-19(17-22(29-7-2)23(21)30-8-3)24(27)25-15-11-13-18-12-9-10-14-20(18)26(4)5/h9-10,12,14,16-17H,6-8,15H2,1-5H3,(H,25,27). The number of hydrogen-bond donors (Lipinski definition) is 1. The molecule has 1 amide bonds. The van der Waals surface area contributed by atoms with Crippen LogP contribution in [-0.2, 0) is 0 Å². The van der Waals surface area contributed by atoms with Crippen molar-refractivity contribution in [3.63, 3.8) is 0 Å². The Morgan fingerprint density at radius 2 is 1.57 bits per heavy atom. The number of anilines is 1. The van der Waals surface area contributed by atoms with Crippen LogP contribution in [0, 0.1) is 11.8 Å². The maximum Gasteiger partial charge on any atom is 0.252 e. The summed E-state index contributed by atoms with van der Waals surface area (Å²) in [6, 6.07) is 11.2. The molecule has 160 valence electrons. The van der Waals surface area contributed by atoms with Gasteiger partial charge in [0.05, 0.1) is 32.1 Å². The van der Waals surface area contributed by atoms with E-state index in [2.05, 4.69) is 17.2 Å². The van der Waals surface area contributed by atoms with Crippen LogP contribution >= 0.6 is 0 Å². The normalized spacial score (nSPS) is 9.90. The molecule has 0 aliphatic carbocycles. The molecule has 6 nitrogen and oxygen atoms in total. The summed E-state index contributed by atoms with van der Waals surface area (Å²) in [4.78, 5) is 14.7. The van der Waals surface area contributed by atoms with Crippen LogP contribution in [0.2, 0.25) is 0 Å². The maximum absolute atomic E-state index is 12.7. The fourth-order valence-electron chi connectivity index (χ4n) is 2.86. The summed E-state index contributed by atoms with van der Waals surface area (Å²) < 4.78 is 17.0. The zero-order chi connectivity index (χ0) is 21.9. The average molecular weight is 411 g/mol. The molecule has 1 N–H and O–H groups in total. The molecule has 0 atom stereocenters. The lowest BCUT2D eigenvalue weighted by Gasteiger charge is -2.17. The van der Waals surface area contributed by atoms with Crippen LogP contribution in [0.15, 0.2) is 36.4 Å². The number of nitrogens with zero attached hydrogens (tertiary/aromatic N) is 1. The van der Waals surface area contributed by atoms with Gasteiger partial charge in [-0.25, -0.2) is 0 Å². The number of rotatable bonds is 9. The zero-order valence-electron chi connectivity index (χ0n) is 18.4. The molecule has 2 aromatic rings. The van der Waals surface area contributed by atoms with Crippen molar-refractivity contribution < 1.29 is 19.0 Å². The predicted octanol–water partition coefficient (Wildman–Crippen LogP) is 3.73. The Hall–Kier alpha value is -3.33. The van der Waals surface area contributed by atoms with E-state index in [1.807, 2.05) is 64.0 Å². The second-order valence-corrected chi connectivity index (χ2v) is 6.50. The van der Waals surface area contributed by atoms with E-state index in [1.165, 1.54) is 0 Å². The molecule has 0 saturated heterocycles. The van der Waals surface area contributed by atoms with Crippen molar-refractivity contribution in [3.05, 3.63) is 47.5 Å². The minimum Gasteiger partial charge on any atom is -0.490 e. The van der Waals surface area contributed by atoms with E-state index in [0.717, 1.165) is 11.3 Å². The molecular formula is C24H30N2O4. The molecule has 0 saturated carbocycles. The molecule has 2 rings (SSSR count). The first-order chi connectivity index (χ1) is 14.5. The molecule has 0 fully saturated rings. The van der Waals surface area contributed by atoms with Gasteiger partial charge < -0.3 is 24.4 Å². The Bertz CT molecular complexity index is 886. The largest absolute Gasteiger partial charge is 0.490 e. The summed E-state index contributed by atoms with van der Waals surface area (Å²) in [5.74, 6) is 7.36. The van der Waals surface area contributed by atoms with Crippen molar-refractivity contribution in [1.82, 2.24) is 5.32 Å². The van der Waals surface area contributed by atoms with Crippen LogP contribution in [0.4, 0.5) is 5.69 Å². The van der Waals surface area contributed by atoms with Gasteiger partial charge in [-0.05, 0) is 45.0 Å². The van der Waals surface area contributed by atoms with Crippen molar-refractivity contribution in [1.29, 1.82) is 0 Å². The first-order valence-corrected chi connectivity index (χ1v) is 10.1. The molecule has 6 heteroatoms. The number of nitrogens with one attached hydrogen (secondary N) is 1. The molecule has 0 unspecified atom stereocenters. The molecule has 0 spiro atoms. The van der Waals surface area contributed by atoms with Crippen molar-refractivity contribution in [2.75, 3.05) is 45.4 Å². The SMILES string of the molecule is CCOc1cc(C(=O)NCC#Cc2ccccc2N(C)C)cc(OCC)c1OCC. The zero-order valence-corrected chi connectivity index (χ0v) is 18.4. The minimum atomic E-state index is -0.254. The lowest BCUT2D eigenvalue weighted by atomic mass is 10.1. The van der Waals surface area contributed by atoms with Crippen molar-refractivity contribution in [2.45, 2.75) is 20.8 Å². The van der Waals surface area contributed by atoms with Crippen LogP contribution in [0.1, 0.15) is 36.7 Å². The predicted molar refractivity (Wildman–Crippen MR) is 120 cm³/mol. The monoisotopic (exact) mass is 410 g/mol. The highest BCUT2D eigenvalue weighted by atomic mass is 16.5. The van der Waals surface area contributed by atoms with Gasteiger partial charge in [0.1, 0.15) is 0 Å². The molecule has 0 heterocycles. The van der Waals surface area contributed by atoms with Crippen LogP contribution in [0.3, 0.4) is 0 Å². The third kappa shape index (κ3) is 6.08. The molecule has 2 aromatic carbocycles. The van der Waals surface area contributed by atoms with E-state index >= 15 is 0 Å². The summed E-state index contributed by atoms with van der Waals surface area (Å²) in [5.41, 5.74) is 2.38. The van der Waals surface area contributed by atoms with E-state index in [1.54, 1.807) is 12.1 Å². The molecular weight excluding hydrogens is 380 g/mol. The van der Waals surface area contributed by atoms with Crippen molar-refractivity contribution in [3.8, 4) is 29.1 Å². The molecule has 0 bridgehead atoms. The number of para-hydroxylation sites is 1. The Morgan fingerprint density at radius 1 is 0.967 bits per heavy atom. The highest BCUT2D eigenvalue weighted by molar-refractivity contribution is 5.95. The van der Waals surface area contributed by atoms with Gasteiger partial charge in [-0.2, -0.15) is 0 Å². The van der Waals surface area contributed by atoms with E-state index in [4.69, 9.17) is 14.2 Å². The lowest BCUT2D eigenvalue weighted by molar-refractivity contribution is 0.0957. The highest BCUT2D eigenvalue weighted by Gasteiger charge is 2.18. The lowest BCUT2D eigenvalue weighted by Crippen LogP contribution is -2.24. The number of carbonyl (C=O) groups is 1. The Balaban J connectivity index is 2.17. The quantitative estimate of drug-likeness (QED) is 0.639. The van der Waals surface area contributed by atoms with E-state index in [9.17, 15) is 4.79 Å². The van der Waals surface area contributed by atoms with E-state index in [0.29, 0.717) is 42.6 Å². The smallest absolute Gasteiger partial charge is 0.252 e. The molecule has 0 radical (unpaired) electrons. The summed E-state index contributed by atoms with van der Waals surface area (Å²) in [6.45, 7) is 7.24. The fourth-order valence-corrected chi connectivity index (χ4v) is 2.86. The summed E-state index contributed by atoms with van der Waals surface area (Å²) in [7, 11) is 3.94. The van der Waals surface area contributed by atoms with E-state index < -0.39 is 0 Å². The summed E-state index contributed by atoms with van der Waals surface area (Å²) >= 11 is 0. The average Bonchev–Trinajstić information content (AvgIpc) is 2.73. The van der Waals surface area contributed by atoms with E-state index in [-0.39, 0.29) is 12.5 Å². The summed E-state index contributed by atoms with van der Waals surface area (Å²) in [6.07, 6.45) is 0. The molecule has 0 aliphatic rings. The summed E-state index contributed by atoms with van der Waals surface area (Å²) in [5, 5.41) is 2.83.